The van der Waals surface area contributed by atoms with Crippen molar-refractivity contribution in [1.29, 1.82) is 0 Å². The molecule has 0 bridgehead atoms. The Kier molecular flexibility index (Phi) is 11.1. The van der Waals surface area contributed by atoms with Crippen molar-refractivity contribution in [3.63, 3.8) is 0 Å². The molecule has 1 heterocycles. The van der Waals surface area contributed by atoms with Crippen molar-refractivity contribution >= 4 is 17.7 Å². The minimum atomic E-state index is -0.707. The molecule has 0 radical (unpaired) electrons. The molecule has 1 aliphatic rings. The van der Waals surface area contributed by atoms with E-state index < -0.39 is 17.9 Å². The first-order valence-corrected chi connectivity index (χ1v) is 14.2. The standard InChI is InChI=1S/C35H37NO6/c1-3-21-40-29-18-16-26(17-19-29)23-28(35(39)42-25-27-11-6-5-7-12-27)24-32(37)31-14-10-20-36(31)34(38)30-13-8-9-15-33(30)41-22-4-2/h3-9,11-13,15-19,28,31H,1-2,10,14,20-25H2/t28-,31+/m1/s1. The molecule has 0 N–H and O–H groups in total. The average molecular weight is 568 g/mol. The highest BCUT2D eigenvalue weighted by Crippen LogP contribution is 2.28. The summed E-state index contributed by atoms with van der Waals surface area (Å²) in [5.74, 6) is -0.430. The van der Waals surface area contributed by atoms with Gasteiger partial charge in [0.15, 0.2) is 5.78 Å². The molecule has 4 rings (SSSR count). The third kappa shape index (κ3) is 8.19. The second-order valence-corrected chi connectivity index (χ2v) is 10.2. The number of benzene rings is 3. The van der Waals surface area contributed by atoms with E-state index in [1.807, 2.05) is 54.6 Å². The summed E-state index contributed by atoms with van der Waals surface area (Å²) in [7, 11) is 0. The molecule has 3 aromatic carbocycles. The van der Waals surface area contributed by atoms with Crippen LogP contribution in [0.4, 0.5) is 0 Å². The fraction of sp³-hybridized carbons (Fsp3) is 0.286. The predicted molar refractivity (Wildman–Crippen MR) is 161 cm³/mol. The number of Topliss-reactive ketones (excluding diaryl/α,β-unsaturated/α-hetero) is 1. The quantitative estimate of drug-likeness (QED) is 0.166. The number of rotatable bonds is 15. The lowest BCUT2D eigenvalue weighted by Crippen LogP contribution is -2.42. The molecular formula is C35H37NO6. The summed E-state index contributed by atoms with van der Waals surface area (Å²) in [5, 5.41) is 0. The molecular weight excluding hydrogens is 530 g/mol. The zero-order chi connectivity index (χ0) is 29.7. The number of carbonyl (C=O) groups is 3. The predicted octanol–water partition coefficient (Wildman–Crippen LogP) is 5.98. The Labute approximate surface area is 247 Å². The molecule has 2 atom stereocenters. The Morgan fingerprint density at radius 3 is 2.29 bits per heavy atom. The number of carbonyl (C=O) groups excluding carboxylic acids is 3. The molecule has 218 valence electrons. The number of esters is 1. The molecule has 0 unspecified atom stereocenters. The molecule has 1 saturated heterocycles. The third-order valence-electron chi connectivity index (χ3n) is 7.14. The van der Waals surface area contributed by atoms with Gasteiger partial charge in [-0.25, -0.2) is 0 Å². The minimum absolute atomic E-state index is 0.0363. The fourth-order valence-corrected chi connectivity index (χ4v) is 5.04. The number of hydrogen-bond acceptors (Lipinski definition) is 6. The van der Waals surface area contributed by atoms with Crippen LogP contribution < -0.4 is 9.47 Å². The molecule has 0 spiro atoms. The summed E-state index contributed by atoms with van der Waals surface area (Å²) in [6.07, 6.45) is 4.81. The van der Waals surface area contributed by atoms with Gasteiger partial charge in [0.25, 0.3) is 5.91 Å². The summed E-state index contributed by atoms with van der Waals surface area (Å²) in [4.78, 5) is 42.3. The normalized spacial score (nSPS) is 15.0. The largest absolute Gasteiger partial charge is 0.490 e. The summed E-state index contributed by atoms with van der Waals surface area (Å²) in [6.45, 7) is 8.56. The molecule has 1 aliphatic heterocycles. The van der Waals surface area contributed by atoms with Crippen molar-refractivity contribution in [2.24, 2.45) is 5.92 Å². The molecule has 1 fully saturated rings. The molecule has 1 amide bonds. The Hall–Kier alpha value is -4.65. The summed E-state index contributed by atoms with van der Waals surface area (Å²) in [6, 6.07) is 23.2. The third-order valence-corrected chi connectivity index (χ3v) is 7.14. The molecule has 7 heteroatoms. The van der Waals surface area contributed by atoms with E-state index in [2.05, 4.69) is 13.2 Å². The van der Waals surface area contributed by atoms with Gasteiger partial charge in [-0.05, 0) is 54.7 Å². The smallest absolute Gasteiger partial charge is 0.310 e. The van der Waals surface area contributed by atoms with Crippen molar-refractivity contribution in [3.8, 4) is 11.5 Å². The number of amides is 1. The lowest BCUT2D eigenvalue weighted by atomic mass is 9.91. The van der Waals surface area contributed by atoms with Gasteiger partial charge in [-0.1, -0.05) is 79.9 Å². The van der Waals surface area contributed by atoms with Crippen LogP contribution in [0.25, 0.3) is 0 Å². The Morgan fingerprint density at radius 2 is 1.55 bits per heavy atom. The van der Waals surface area contributed by atoms with Crippen molar-refractivity contribution < 1.29 is 28.6 Å². The van der Waals surface area contributed by atoms with E-state index in [9.17, 15) is 14.4 Å². The maximum absolute atomic E-state index is 13.7. The van der Waals surface area contributed by atoms with Crippen LogP contribution in [-0.4, -0.2) is 48.4 Å². The van der Waals surface area contributed by atoms with E-state index in [4.69, 9.17) is 14.2 Å². The number of likely N-dealkylation sites (tertiary alicyclic amines) is 1. The Balaban J connectivity index is 1.49. The fourth-order valence-electron chi connectivity index (χ4n) is 5.04. The number of hydrogen-bond donors (Lipinski definition) is 0. The molecule has 7 nitrogen and oxygen atoms in total. The Morgan fingerprint density at radius 1 is 0.857 bits per heavy atom. The zero-order valence-corrected chi connectivity index (χ0v) is 23.8. The highest BCUT2D eigenvalue weighted by molar-refractivity contribution is 6.00. The summed E-state index contributed by atoms with van der Waals surface area (Å²) >= 11 is 0. The highest BCUT2D eigenvalue weighted by atomic mass is 16.5. The molecule has 42 heavy (non-hydrogen) atoms. The van der Waals surface area contributed by atoms with Crippen LogP contribution >= 0.6 is 0 Å². The first kappa shape index (κ1) is 30.3. The van der Waals surface area contributed by atoms with Gasteiger partial charge < -0.3 is 19.1 Å². The van der Waals surface area contributed by atoms with Crippen LogP contribution in [-0.2, 0) is 27.4 Å². The van der Waals surface area contributed by atoms with Gasteiger partial charge >= 0.3 is 5.97 Å². The first-order valence-electron chi connectivity index (χ1n) is 14.2. The van der Waals surface area contributed by atoms with Gasteiger partial charge in [-0.3, -0.25) is 14.4 Å². The lowest BCUT2D eigenvalue weighted by Gasteiger charge is -2.26. The van der Waals surface area contributed by atoms with Gasteiger partial charge in [0, 0.05) is 13.0 Å². The second-order valence-electron chi connectivity index (χ2n) is 10.2. The van der Waals surface area contributed by atoms with Crippen molar-refractivity contribution in [1.82, 2.24) is 4.90 Å². The van der Waals surface area contributed by atoms with Crippen LogP contribution in [0.2, 0.25) is 0 Å². The van der Waals surface area contributed by atoms with Gasteiger partial charge in [0.1, 0.15) is 31.3 Å². The topological polar surface area (TPSA) is 82.1 Å². The monoisotopic (exact) mass is 567 g/mol. The van der Waals surface area contributed by atoms with E-state index in [0.29, 0.717) is 49.5 Å². The number of ether oxygens (including phenoxy) is 3. The van der Waals surface area contributed by atoms with Crippen LogP contribution in [0.3, 0.4) is 0 Å². The second kappa shape index (κ2) is 15.4. The SMILES string of the molecule is C=CCOc1ccc(C[C@H](CC(=O)[C@@H]2CCCN2C(=O)c2ccccc2OCC=C)C(=O)OCc2ccccc2)cc1. The van der Waals surface area contributed by atoms with Crippen LogP contribution in [0.15, 0.2) is 104 Å². The van der Waals surface area contributed by atoms with Gasteiger partial charge in [0.2, 0.25) is 0 Å². The van der Waals surface area contributed by atoms with Crippen molar-refractivity contribution in [2.75, 3.05) is 19.8 Å². The number of ketones is 1. The van der Waals surface area contributed by atoms with Gasteiger partial charge in [-0.2, -0.15) is 0 Å². The molecule has 3 aromatic rings. The Bertz CT molecular complexity index is 1370. The van der Waals surface area contributed by atoms with E-state index in [1.165, 1.54) is 0 Å². The summed E-state index contributed by atoms with van der Waals surface area (Å²) < 4.78 is 16.9. The number of nitrogens with zero attached hydrogens (tertiary/aromatic N) is 1. The van der Waals surface area contributed by atoms with Crippen LogP contribution in [0.1, 0.15) is 40.7 Å². The molecule has 0 aliphatic carbocycles. The molecule has 0 saturated carbocycles. The van der Waals surface area contributed by atoms with Crippen LogP contribution in [0, 0.1) is 5.92 Å². The van der Waals surface area contributed by atoms with Crippen molar-refractivity contribution in [3.05, 3.63) is 121 Å². The highest BCUT2D eigenvalue weighted by Gasteiger charge is 2.37. The lowest BCUT2D eigenvalue weighted by molar-refractivity contribution is -0.151. The van der Waals surface area contributed by atoms with Gasteiger partial charge in [0.05, 0.1) is 17.5 Å². The maximum atomic E-state index is 13.7. The summed E-state index contributed by atoms with van der Waals surface area (Å²) in [5.41, 5.74) is 2.14. The van der Waals surface area contributed by atoms with E-state index in [-0.39, 0.29) is 31.3 Å². The average Bonchev–Trinajstić information content (AvgIpc) is 3.52. The van der Waals surface area contributed by atoms with E-state index in [1.54, 1.807) is 41.3 Å². The first-order chi connectivity index (χ1) is 20.5. The van der Waals surface area contributed by atoms with Gasteiger partial charge in [-0.15, -0.1) is 0 Å². The zero-order valence-electron chi connectivity index (χ0n) is 23.8. The molecule has 0 aromatic heterocycles. The minimum Gasteiger partial charge on any atom is -0.490 e. The van der Waals surface area contributed by atoms with E-state index >= 15 is 0 Å². The van der Waals surface area contributed by atoms with Crippen molar-refractivity contribution in [2.45, 2.75) is 38.3 Å². The van der Waals surface area contributed by atoms with Crippen LogP contribution in [0.5, 0.6) is 11.5 Å². The number of para-hydroxylation sites is 1. The maximum Gasteiger partial charge on any atom is 0.310 e. The van der Waals surface area contributed by atoms with E-state index in [0.717, 1.165) is 11.1 Å².